The summed E-state index contributed by atoms with van der Waals surface area (Å²) in [5.41, 5.74) is 7.97. The van der Waals surface area contributed by atoms with Crippen molar-refractivity contribution in [2.45, 2.75) is 25.3 Å². The van der Waals surface area contributed by atoms with Crippen LogP contribution < -0.4 is 10.6 Å². The smallest absolute Gasteiger partial charge is 0.204 e. The minimum Gasteiger partial charge on any atom is -0.338 e. The molecule has 0 radical (unpaired) electrons. The van der Waals surface area contributed by atoms with Crippen LogP contribution in [0.25, 0.3) is 11.0 Å². The second-order valence-corrected chi connectivity index (χ2v) is 4.66. The zero-order valence-electron chi connectivity index (χ0n) is 9.89. The van der Waals surface area contributed by atoms with Gasteiger partial charge in [0.1, 0.15) is 0 Å². The number of aromatic nitrogens is 2. The molecule has 0 spiro atoms. The third kappa shape index (κ3) is 1.89. The minimum absolute atomic E-state index is 0.435. The number of fused-ring (bicyclic) bond motifs is 1. The van der Waals surface area contributed by atoms with E-state index < -0.39 is 0 Å². The second-order valence-electron chi connectivity index (χ2n) is 4.66. The highest BCUT2D eigenvalue weighted by Crippen LogP contribution is 2.24. The van der Waals surface area contributed by atoms with Gasteiger partial charge in [-0.25, -0.2) is 4.98 Å². The van der Waals surface area contributed by atoms with E-state index in [1.54, 1.807) is 0 Å². The number of benzene rings is 1. The summed E-state index contributed by atoms with van der Waals surface area (Å²) in [4.78, 5) is 10.4. The number of hydrogen-bond donors (Lipinski definition) is 2. The first kappa shape index (κ1) is 10.6. The summed E-state index contributed by atoms with van der Waals surface area (Å²) < 4.78 is 0. The van der Waals surface area contributed by atoms with Gasteiger partial charge in [0.2, 0.25) is 5.95 Å². The van der Waals surface area contributed by atoms with Crippen LogP contribution in [0, 0.1) is 0 Å². The van der Waals surface area contributed by atoms with Crippen LogP contribution in [-0.2, 0) is 0 Å². The van der Waals surface area contributed by atoms with Crippen LogP contribution in [-0.4, -0.2) is 29.1 Å². The van der Waals surface area contributed by atoms with Gasteiger partial charge in [-0.05, 0) is 31.4 Å². The fourth-order valence-electron chi connectivity index (χ4n) is 2.60. The summed E-state index contributed by atoms with van der Waals surface area (Å²) >= 11 is 0. The Labute approximate surface area is 101 Å². The van der Waals surface area contributed by atoms with E-state index in [9.17, 15) is 0 Å². The standard InChI is InChI=1S/C13H18N4/c14-9-10-5-3-4-8-17(10)13-15-11-6-1-2-7-12(11)16-13/h1-2,6-7,10H,3-5,8-9,14H2,(H,15,16). The second kappa shape index (κ2) is 4.37. The van der Waals surface area contributed by atoms with Crippen LogP contribution in [0.4, 0.5) is 5.95 Å². The molecule has 1 unspecified atom stereocenters. The van der Waals surface area contributed by atoms with E-state index >= 15 is 0 Å². The van der Waals surface area contributed by atoms with Gasteiger partial charge in [0, 0.05) is 19.1 Å². The summed E-state index contributed by atoms with van der Waals surface area (Å²) in [5.74, 6) is 0.973. The largest absolute Gasteiger partial charge is 0.338 e. The molecule has 3 N–H and O–H groups in total. The highest BCUT2D eigenvalue weighted by atomic mass is 15.3. The van der Waals surface area contributed by atoms with Crippen LogP contribution in [0.15, 0.2) is 24.3 Å². The number of H-pyrrole nitrogens is 1. The Morgan fingerprint density at radius 2 is 2.24 bits per heavy atom. The van der Waals surface area contributed by atoms with Gasteiger partial charge in [-0.15, -0.1) is 0 Å². The van der Waals surface area contributed by atoms with Gasteiger partial charge >= 0.3 is 0 Å². The van der Waals surface area contributed by atoms with E-state index in [4.69, 9.17) is 5.73 Å². The zero-order chi connectivity index (χ0) is 11.7. The van der Waals surface area contributed by atoms with Crippen molar-refractivity contribution in [3.8, 4) is 0 Å². The van der Waals surface area contributed by atoms with Crippen LogP contribution in [0.3, 0.4) is 0 Å². The number of nitrogens with two attached hydrogens (primary N) is 1. The maximum Gasteiger partial charge on any atom is 0.204 e. The van der Waals surface area contributed by atoms with Crippen LogP contribution in [0.5, 0.6) is 0 Å². The Kier molecular flexibility index (Phi) is 2.73. The van der Waals surface area contributed by atoms with Gasteiger partial charge in [0.05, 0.1) is 11.0 Å². The third-order valence-electron chi connectivity index (χ3n) is 3.55. The van der Waals surface area contributed by atoms with Crippen LogP contribution in [0.2, 0.25) is 0 Å². The lowest BCUT2D eigenvalue weighted by Gasteiger charge is -2.34. The van der Waals surface area contributed by atoms with Gasteiger partial charge in [-0.3, -0.25) is 0 Å². The monoisotopic (exact) mass is 230 g/mol. The first-order valence-corrected chi connectivity index (χ1v) is 6.30. The number of aromatic amines is 1. The van der Waals surface area contributed by atoms with Gasteiger partial charge in [-0.2, -0.15) is 0 Å². The van der Waals surface area contributed by atoms with Crippen molar-refractivity contribution in [1.82, 2.24) is 9.97 Å². The predicted molar refractivity (Wildman–Crippen MR) is 70.1 cm³/mol. The molecule has 4 heteroatoms. The number of rotatable bonds is 2. The Morgan fingerprint density at radius 1 is 1.35 bits per heavy atom. The van der Waals surface area contributed by atoms with Gasteiger partial charge in [0.15, 0.2) is 0 Å². The molecule has 1 aromatic heterocycles. The number of imidazole rings is 1. The van der Waals surface area contributed by atoms with E-state index in [0.29, 0.717) is 12.6 Å². The van der Waals surface area contributed by atoms with E-state index in [1.165, 1.54) is 19.3 Å². The van der Waals surface area contributed by atoms with E-state index in [1.807, 2.05) is 18.2 Å². The number of anilines is 1. The molecule has 17 heavy (non-hydrogen) atoms. The molecule has 2 aromatic rings. The first-order chi connectivity index (χ1) is 8.38. The molecule has 1 atom stereocenters. The van der Waals surface area contributed by atoms with Gasteiger partial charge in [-0.1, -0.05) is 12.1 Å². The lowest BCUT2D eigenvalue weighted by Crippen LogP contribution is -2.44. The third-order valence-corrected chi connectivity index (χ3v) is 3.55. The Balaban J connectivity index is 1.96. The number of nitrogens with zero attached hydrogens (tertiary/aromatic N) is 2. The van der Waals surface area contributed by atoms with Crippen molar-refractivity contribution in [2.75, 3.05) is 18.0 Å². The first-order valence-electron chi connectivity index (χ1n) is 6.30. The van der Waals surface area contributed by atoms with E-state index in [-0.39, 0.29) is 0 Å². The van der Waals surface area contributed by atoms with E-state index in [2.05, 4.69) is 20.9 Å². The van der Waals surface area contributed by atoms with Crippen molar-refractivity contribution in [2.24, 2.45) is 5.73 Å². The number of nitrogens with one attached hydrogen (secondary N) is 1. The zero-order valence-corrected chi connectivity index (χ0v) is 9.89. The fraction of sp³-hybridized carbons (Fsp3) is 0.462. The molecule has 90 valence electrons. The van der Waals surface area contributed by atoms with Crippen molar-refractivity contribution in [3.63, 3.8) is 0 Å². The van der Waals surface area contributed by atoms with Crippen LogP contribution in [0.1, 0.15) is 19.3 Å². The average Bonchev–Trinajstić information content (AvgIpc) is 2.82. The Bertz CT molecular complexity index is 472. The molecule has 2 heterocycles. The minimum atomic E-state index is 0.435. The van der Waals surface area contributed by atoms with Gasteiger partial charge in [0.25, 0.3) is 0 Å². The van der Waals surface area contributed by atoms with Gasteiger partial charge < -0.3 is 15.6 Å². The quantitative estimate of drug-likeness (QED) is 0.828. The summed E-state index contributed by atoms with van der Waals surface area (Å²) in [6.07, 6.45) is 3.68. The molecule has 0 aliphatic carbocycles. The molecule has 1 aliphatic rings. The van der Waals surface area contributed by atoms with Crippen molar-refractivity contribution in [3.05, 3.63) is 24.3 Å². The SMILES string of the molecule is NCC1CCCCN1c1nc2ccccc2[nH]1. The lowest BCUT2D eigenvalue weighted by molar-refractivity contribution is 0.459. The number of hydrogen-bond acceptors (Lipinski definition) is 3. The Hall–Kier alpha value is -1.55. The average molecular weight is 230 g/mol. The molecule has 0 saturated carbocycles. The molecule has 3 rings (SSSR count). The van der Waals surface area contributed by atoms with Crippen molar-refractivity contribution in [1.29, 1.82) is 0 Å². The maximum atomic E-state index is 5.84. The van der Waals surface area contributed by atoms with Crippen molar-refractivity contribution >= 4 is 17.0 Å². The lowest BCUT2D eigenvalue weighted by atomic mass is 10.0. The highest BCUT2D eigenvalue weighted by Gasteiger charge is 2.23. The fourth-order valence-corrected chi connectivity index (χ4v) is 2.60. The Morgan fingerprint density at radius 3 is 3.06 bits per heavy atom. The van der Waals surface area contributed by atoms with E-state index in [0.717, 1.165) is 23.5 Å². The predicted octanol–water partition coefficient (Wildman–Crippen LogP) is 1.88. The molecular formula is C13H18N4. The summed E-state index contributed by atoms with van der Waals surface area (Å²) in [6, 6.07) is 8.58. The van der Waals surface area contributed by atoms with Crippen LogP contribution >= 0.6 is 0 Å². The molecule has 1 fully saturated rings. The summed E-state index contributed by atoms with van der Waals surface area (Å²) in [7, 11) is 0. The molecule has 1 aliphatic heterocycles. The molecular weight excluding hydrogens is 212 g/mol. The summed E-state index contributed by atoms with van der Waals surface area (Å²) in [6.45, 7) is 1.76. The highest BCUT2D eigenvalue weighted by molar-refractivity contribution is 5.77. The molecule has 0 amide bonds. The molecule has 4 nitrogen and oxygen atoms in total. The topological polar surface area (TPSA) is 57.9 Å². The number of para-hydroxylation sites is 2. The van der Waals surface area contributed by atoms with Crippen molar-refractivity contribution < 1.29 is 0 Å². The normalized spacial score (nSPS) is 21.0. The summed E-state index contributed by atoms with van der Waals surface area (Å²) in [5, 5.41) is 0. The molecule has 1 aromatic carbocycles. The number of piperidine rings is 1. The molecule has 1 saturated heterocycles. The molecule has 0 bridgehead atoms. The maximum absolute atomic E-state index is 5.84.